The molecular weight excluding hydrogens is 1160 g/mol. The molecule has 0 spiro atoms. The van der Waals surface area contributed by atoms with Crippen molar-refractivity contribution < 1.29 is 4.42 Å². The monoisotopic (exact) mass is 1250 g/mol. The van der Waals surface area contributed by atoms with Crippen LogP contribution in [0.4, 0.5) is 34.1 Å². The Morgan fingerprint density at radius 2 is 0.573 bits per heavy atom. The average Bonchev–Trinajstić information content (AvgIpc) is 0.720. The zero-order valence-corrected chi connectivity index (χ0v) is 58.6. The van der Waals surface area contributed by atoms with Gasteiger partial charge in [-0.3, -0.25) is 0 Å². The molecule has 1 aromatic heterocycles. The number of benzene rings is 12. The Bertz CT molecular complexity index is 5020. The molecule has 3 nitrogen and oxygen atoms in total. The predicted octanol–water partition coefficient (Wildman–Crippen LogP) is 24.2. The summed E-state index contributed by atoms with van der Waals surface area (Å²) in [7, 11) is 0. The lowest BCUT2D eigenvalue weighted by atomic mass is 9.33. The first-order valence-corrected chi connectivity index (χ1v) is 34.5. The van der Waals surface area contributed by atoms with Crippen molar-refractivity contribution in [3.05, 3.63) is 283 Å². The van der Waals surface area contributed by atoms with Gasteiger partial charge in [0.05, 0.1) is 11.4 Å². The molecule has 13 aromatic rings. The molecule has 4 heteroatoms. The summed E-state index contributed by atoms with van der Waals surface area (Å²) in [6, 6.07) is 97.4. The topological polar surface area (TPSA) is 19.6 Å². The number of hydrogen-bond donors (Lipinski definition) is 0. The first kappa shape index (κ1) is 62.2. The van der Waals surface area contributed by atoms with Gasteiger partial charge in [0.1, 0.15) is 11.2 Å². The molecule has 0 unspecified atom stereocenters. The van der Waals surface area contributed by atoms with E-state index < -0.39 is 0 Å². The van der Waals surface area contributed by atoms with Crippen LogP contribution in [-0.2, 0) is 27.1 Å². The quantitative estimate of drug-likeness (QED) is 0.141. The van der Waals surface area contributed by atoms with Crippen LogP contribution < -0.4 is 26.2 Å². The van der Waals surface area contributed by atoms with E-state index in [0.29, 0.717) is 0 Å². The Kier molecular flexibility index (Phi) is 14.9. The van der Waals surface area contributed by atoms with Gasteiger partial charge in [-0.2, -0.15) is 0 Å². The summed E-state index contributed by atoms with van der Waals surface area (Å²) < 4.78 is 6.50. The Hall–Kier alpha value is -9.90. The summed E-state index contributed by atoms with van der Waals surface area (Å²) in [4.78, 5) is 5.45. The van der Waals surface area contributed by atoms with Crippen molar-refractivity contribution in [1.29, 1.82) is 0 Å². The maximum Gasteiger partial charge on any atom is 0.252 e. The Labute approximate surface area is 570 Å². The summed E-state index contributed by atoms with van der Waals surface area (Å²) in [5.41, 5.74) is 32.3. The normalized spacial score (nSPS) is 13.3. The molecule has 0 radical (unpaired) electrons. The van der Waals surface area contributed by atoms with Gasteiger partial charge in [0, 0.05) is 55.8 Å². The highest BCUT2D eigenvalue weighted by Crippen LogP contribution is 2.56. The van der Waals surface area contributed by atoms with E-state index in [0.717, 1.165) is 61.3 Å². The van der Waals surface area contributed by atoms with Crippen LogP contribution in [0.3, 0.4) is 0 Å². The van der Waals surface area contributed by atoms with E-state index in [4.69, 9.17) is 4.42 Å². The standard InChI is InChI=1S/C92H87BN2O/c1-88(2,3)66-46-65(47-67(51-66)89(4,5)6)64-41-44-78-80(50-64)95(87-74(60-34-24-18-25-35-60)54-69(91(10,11)12)55-75(87)61-36-26-19-27-37-61)82-57-70(92(13,14)15)56-81-85(82)93(78)77-43-40-63(62-42-45-84-76(48-62)71-38-28-29-39-83(71)96-84)49-79(77)94(81)86-72(58-30-20-16-21-31-58)52-68(90(7,8)9)53-73(86)59-32-22-17-23-33-59/h16-57H,1-15H3. The number of hydrogen-bond acceptors (Lipinski definition) is 3. The molecule has 0 aliphatic carbocycles. The largest absolute Gasteiger partial charge is 0.456 e. The number of anilines is 6. The summed E-state index contributed by atoms with van der Waals surface area (Å²) in [6.07, 6.45) is 0. The Morgan fingerprint density at radius 1 is 0.250 bits per heavy atom. The number of nitrogens with zero attached hydrogens (tertiary/aromatic N) is 2. The van der Waals surface area contributed by atoms with Gasteiger partial charge >= 0.3 is 0 Å². The van der Waals surface area contributed by atoms with Gasteiger partial charge in [-0.25, -0.2) is 0 Å². The van der Waals surface area contributed by atoms with Crippen molar-refractivity contribution >= 4 is 79.2 Å². The molecule has 15 rings (SSSR count). The molecule has 2 aliphatic heterocycles. The molecule has 0 saturated carbocycles. The smallest absolute Gasteiger partial charge is 0.252 e. The fraction of sp³-hybridized carbons (Fsp3) is 0.217. The van der Waals surface area contributed by atoms with E-state index in [1.54, 1.807) is 0 Å². The summed E-state index contributed by atoms with van der Waals surface area (Å²) >= 11 is 0. The van der Waals surface area contributed by atoms with Crippen molar-refractivity contribution in [2.75, 3.05) is 9.80 Å². The molecule has 0 fully saturated rings. The predicted molar refractivity (Wildman–Crippen MR) is 414 cm³/mol. The molecule has 3 heterocycles. The number of furan rings is 1. The highest BCUT2D eigenvalue weighted by atomic mass is 16.3. The minimum Gasteiger partial charge on any atom is -0.456 e. The van der Waals surface area contributed by atoms with Gasteiger partial charge in [-0.05, 0) is 183 Å². The lowest BCUT2D eigenvalue weighted by Gasteiger charge is -2.47. The third kappa shape index (κ3) is 11.0. The fourth-order valence-corrected chi connectivity index (χ4v) is 14.8. The second kappa shape index (κ2) is 22.9. The molecule has 0 bridgehead atoms. The van der Waals surface area contributed by atoms with Crippen LogP contribution in [0.2, 0.25) is 0 Å². The third-order valence-corrected chi connectivity index (χ3v) is 20.4. The minimum atomic E-state index is -0.302. The van der Waals surface area contributed by atoms with Gasteiger partial charge in [-0.15, -0.1) is 0 Å². The zero-order valence-electron chi connectivity index (χ0n) is 58.6. The van der Waals surface area contributed by atoms with Gasteiger partial charge < -0.3 is 14.2 Å². The van der Waals surface area contributed by atoms with Crippen molar-refractivity contribution in [3.63, 3.8) is 0 Å². The van der Waals surface area contributed by atoms with Crippen molar-refractivity contribution in [3.8, 4) is 66.8 Å². The molecule has 12 aromatic carbocycles. The molecule has 96 heavy (non-hydrogen) atoms. The van der Waals surface area contributed by atoms with Crippen LogP contribution in [-0.4, -0.2) is 6.71 Å². The van der Waals surface area contributed by atoms with E-state index in [9.17, 15) is 0 Å². The van der Waals surface area contributed by atoms with Crippen molar-refractivity contribution in [1.82, 2.24) is 0 Å². The Balaban J connectivity index is 1.13. The minimum absolute atomic E-state index is 0.0820. The van der Waals surface area contributed by atoms with Crippen molar-refractivity contribution in [2.45, 2.75) is 131 Å². The van der Waals surface area contributed by atoms with E-state index >= 15 is 0 Å². The second-order valence-electron chi connectivity index (χ2n) is 32.2. The van der Waals surface area contributed by atoms with Gasteiger partial charge in [0.25, 0.3) is 6.71 Å². The average molecular weight is 1250 g/mol. The first-order valence-electron chi connectivity index (χ1n) is 34.5. The zero-order chi connectivity index (χ0) is 67.0. The second-order valence-corrected chi connectivity index (χ2v) is 32.2. The van der Waals surface area contributed by atoms with Gasteiger partial charge in [-0.1, -0.05) is 292 Å². The fourth-order valence-electron chi connectivity index (χ4n) is 14.8. The van der Waals surface area contributed by atoms with E-state index in [-0.39, 0.29) is 33.8 Å². The van der Waals surface area contributed by atoms with Crippen molar-refractivity contribution in [2.24, 2.45) is 0 Å². The number of fused-ring (bicyclic) bond motifs is 7. The Morgan fingerprint density at radius 3 is 0.969 bits per heavy atom. The van der Waals surface area contributed by atoms with E-state index in [1.807, 2.05) is 0 Å². The lowest BCUT2D eigenvalue weighted by Crippen LogP contribution is -2.61. The SMILES string of the molecule is CC(C)(C)c1cc(-c2ccc3c(c2)N(c2c(-c4ccccc4)cc(C(C)(C)C)cc2-c2ccccc2)c2cc(C(C)(C)C)cc4c2B3c2ccc(-c3ccc5oc6ccccc6c5c3)cc2N4c2c(-c3ccccc3)cc(C(C)(C)C)cc2-c2ccccc2)cc(C(C)(C)C)c1. The molecule has 0 N–H and O–H groups in total. The van der Waals surface area contributed by atoms with E-state index in [1.165, 1.54) is 106 Å². The third-order valence-electron chi connectivity index (χ3n) is 20.4. The maximum atomic E-state index is 6.50. The molecular formula is C92H87BN2O. The molecule has 0 amide bonds. The van der Waals surface area contributed by atoms with E-state index in [2.05, 4.69) is 368 Å². The highest BCUT2D eigenvalue weighted by Gasteiger charge is 2.46. The molecule has 0 saturated heterocycles. The summed E-state index contributed by atoms with van der Waals surface area (Å²) in [6.45, 7) is 35.2. The molecule has 474 valence electrons. The van der Waals surface area contributed by atoms with Crippen LogP contribution in [0.15, 0.2) is 259 Å². The molecule has 0 atom stereocenters. The number of rotatable bonds is 8. The molecule has 2 aliphatic rings. The van der Waals surface area contributed by atoms with Crippen LogP contribution in [0, 0.1) is 0 Å². The maximum absolute atomic E-state index is 6.50. The van der Waals surface area contributed by atoms with Crippen LogP contribution in [0.5, 0.6) is 0 Å². The highest BCUT2D eigenvalue weighted by molar-refractivity contribution is 7.00. The summed E-state index contributed by atoms with van der Waals surface area (Å²) in [5, 5.41) is 2.23. The van der Waals surface area contributed by atoms with Crippen LogP contribution in [0.25, 0.3) is 88.7 Å². The van der Waals surface area contributed by atoms with Gasteiger partial charge in [0.2, 0.25) is 0 Å². The van der Waals surface area contributed by atoms with Crippen LogP contribution in [0.1, 0.15) is 132 Å². The van der Waals surface area contributed by atoms with Gasteiger partial charge in [0.15, 0.2) is 0 Å². The number of para-hydroxylation sites is 1. The summed E-state index contributed by atoms with van der Waals surface area (Å²) in [5.74, 6) is 0. The lowest BCUT2D eigenvalue weighted by molar-refractivity contribution is 0.569. The first-order chi connectivity index (χ1) is 45.8. The van der Waals surface area contributed by atoms with Crippen LogP contribution >= 0.6 is 0 Å².